The molecule has 0 atom stereocenters. The van der Waals surface area contributed by atoms with Gasteiger partial charge in [-0.15, -0.1) is 0 Å². The van der Waals surface area contributed by atoms with Crippen LogP contribution in [0.4, 0.5) is 4.39 Å². The van der Waals surface area contributed by atoms with Crippen molar-refractivity contribution >= 4 is 23.2 Å². The molecule has 0 aliphatic heterocycles. The molecule has 3 aromatic rings. The van der Waals surface area contributed by atoms with E-state index in [1.807, 2.05) is 6.07 Å². The lowest BCUT2D eigenvalue weighted by Crippen LogP contribution is -2.15. The minimum Gasteiger partial charge on any atom is -0.384 e. The Morgan fingerprint density at radius 3 is 2.33 bits per heavy atom. The quantitative estimate of drug-likeness (QED) is 0.692. The number of aromatic nitrogens is 2. The fourth-order valence-corrected chi connectivity index (χ4v) is 2.87. The molecule has 0 saturated heterocycles. The summed E-state index contributed by atoms with van der Waals surface area (Å²) in [7, 11) is 0. The summed E-state index contributed by atoms with van der Waals surface area (Å²) < 4.78 is 16.0. The van der Waals surface area contributed by atoms with Crippen LogP contribution in [0.3, 0.4) is 0 Å². The molecule has 3 nitrogen and oxygen atoms in total. The molecule has 1 N–H and O–H groups in total. The summed E-state index contributed by atoms with van der Waals surface area (Å²) in [5, 5.41) is 11.0. The van der Waals surface area contributed by atoms with Gasteiger partial charge in [0.15, 0.2) is 0 Å². The predicted octanol–water partition coefficient (Wildman–Crippen LogP) is 5.21. The van der Waals surface area contributed by atoms with E-state index >= 15 is 0 Å². The lowest BCUT2D eigenvalue weighted by Gasteiger charge is -2.13. The summed E-state index contributed by atoms with van der Waals surface area (Å²) in [4.78, 5) is 4.42. The average molecular weight is 365 g/mol. The van der Waals surface area contributed by atoms with Crippen LogP contribution >= 0.6 is 23.2 Å². The van der Waals surface area contributed by atoms with Crippen LogP contribution in [0.2, 0.25) is 10.0 Å². The Bertz CT molecular complexity index is 880. The Balaban J connectivity index is 2.33. The van der Waals surface area contributed by atoms with E-state index in [-0.39, 0.29) is 16.4 Å². The van der Waals surface area contributed by atoms with Crippen molar-refractivity contribution in [3.63, 3.8) is 0 Å². The summed E-state index contributed by atoms with van der Waals surface area (Å²) in [5.41, 5.74) is -0.0262. The summed E-state index contributed by atoms with van der Waals surface area (Å²) in [6.07, 6.45) is 1.64. The number of rotatable bonds is 3. The van der Waals surface area contributed by atoms with Gasteiger partial charge < -0.3 is 5.11 Å². The molecule has 124 valence electrons. The monoisotopic (exact) mass is 364 g/mol. The van der Waals surface area contributed by atoms with Gasteiger partial charge in [0.25, 0.3) is 0 Å². The van der Waals surface area contributed by atoms with Crippen LogP contribution in [0.1, 0.15) is 19.5 Å². The third-order valence-corrected chi connectivity index (χ3v) is 4.27. The Hall–Kier alpha value is -1.88. The van der Waals surface area contributed by atoms with Gasteiger partial charge in [0.05, 0.1) is 27.0 Å². The molecule has 0 fully saturated rings. The number of imidazole rings is 1. The Kier molecular flexibility index (Phi) is 4.38. The molecule has 1 aromatic heterocycles. The zero-order chi connectivity index (χ0) is 17.5. The topological polar surface area (TPSA) is 38.0 Å². The second kappa shape index (κ2) is 6.20. The molecule has 1 heterocycles. The van der Waals surface area contributed by atoms with Gasteiger partial charge in [-0.1, -0.05) is 41.4 Å². The summed E-state index contributed by atoms with van der Waals surface area (Å²) in [6.45, 7) is 3.22. The molecular formula is C18H15Cl2FN2O. The molecule has 0 amide bonds. The first kappa shape index (κ1) is 17.0. The maximum absolute atomic E-state index is 14.4. The van der Waals surface area contributed by atoms with Crippen molar-refractivity contribution in [2.75, 3.05) is 0 Å². The van der Waals surface area contributed by atoms with Crippen LogP contribution in [-0.2, 0) is 5.60 Å². The smallest absolute Gasteiger partial charge is 0.149 e. The number of halogens is 3. The molecule has 0 radical (unpaired) electrons. The molecule has 3 rings (SSSR count). The van der Waals surface area contributed by atoms with E-state index in [9.17, 15) is 9.50 Å². The van der Waals surface area contributed by atoms with Gasteiger partial charge in [-0.2, -0.15) is 0 Å². The van der Waals surface area contributed by atoms with Crippen molar-refractivity contribution in [2.24, 2.45) is 0 Å². The fourth-order valence-electron chi connectivity index (χ4n) is 2.39. The van der Waals surface area contributed by atoms with Crippen LogP contribution in [-0.4, -0.2) is 14.7 Å². The lowest BCUT2D eigenvalue weighted by molar-refractivity contribution is 0.0743. The average Bonchev–Trinajstić information content (AvgIpc) is 2.92. The molecule has 0 aliphatic carbocycles. The molecule has 0 unspecified atom stereocenters. The third kappa shape index (κ3) is 3.05. The summed E-state index contributed by atoms with van der Waals surface area (Å²) in [6, 6.07) is 11.6. The molecule has 2 aromatic carbocycles. The first-order chi connectivity index (χ1) is 11.3. The van der Waals surface area contributed by atoms with Crippen LogP contribution in [0, 0.1) is 5.82 Å². The molecule has 24 heavy (non-hydrogen) atoms. The van der Waals surface area contributed by atoms with Gasteiger partial charge >= 0.3 is 0 Å². The first-order valence-electron chi connectivity index (χ1n) is 7.30. The van der Waals surface area contributed by atoms with Gasteiger partial charge in [0, 0.05) is 6.20 Å². The molecule has 0 aliphatic rings. The SMILES string of the molecule is CC(C)(O)c1cn(-c2ccccc2Cl)c(-c2c(F)cccc2Cl)n1. The number of hydrogen-bond acceptors (Lipinski definition) is 2. The number of benzene rings is 2. The normalized spacial score (nSPS) is 11.8. The summed E-state index contributed by atoms with van der Waals surface area (Å²) >= 11 is 12.5. The molecule has 0 bridgehead atoms. The predicted molar refractivity (Wildman–Crippen MR) is 94.2 cm³/mol. The highest BCUT2D eigenvalue weighted by molar-refractivity contribution is 6.33. The van der Waals surface area contributed by atoms with E-state index in [1.54, 1.807) is 48.9 Å². The minimum absolute atomic E-state index is 0.162. The standard InChI is InChI=1S/C18H15Cl2FN2O/c1-18(2,24)15-10-23(14-9-4-3-6-11(14)19)17(22-15)16-12(20)7-5-8-13(16)21/h3-10,24H,1-2H3. The van der Waals surface area contributed by atoms with E-state index in [4.69, 9.17) is 23.2 Å². The van der Waals surface area contributed by atoms with Crippen molar-refractivity contribution < 1.29 is 9.50 Å². The molecule has 0 spiro atoms. The molecule has 6 heteroatoms. The van der Waals surface area contributed by atoms with Crippen molar-refractivity contribution in [1.82, 2.24) is 9.55 Å². The van der Waals surface area contributed by atoms with Crippen LogP contribution < -0.4 is 0 Å². The second-order valence-corrected chi connectivity index (χ2v) is 6.74. The van der Waals surface area contributed by atoms with Crippen molar-refractivity contribution in [3.05, 3.63) is 70.2 Å². The first-order valence-corrected chi connectivity index (χ1v) is 8.06. The Morgan fingerprint density at radius 1 is 1.04 bits per heavy atom. The van der Waals surface area contributed by atoms with Crippen molar-refractivity contribution in [1.29, 1.82) is 0 Å². The Labute approximate surface area is 149 Å². The van der Waals surface area contributed by atoms with Gasteiger partial charge in [0.1, 0.15) is 17.2 Å². The van der Waals surface area contributed by atoms with Crippen molar-refractivity contribution in [3.8, 4) is 17.1 Å². The van der Waals surface area contributed by atoms with Crippen LogP contribution in [0.15, 0.2) is 48.7 Å². The van der Waals surface area contributed by atoms with E-state index < -0.39 is 11.4 Å². The van der Waals surface area contributed by atoms with Gasteiger partial charge in [-0.25, -0.2) is 9.37 Å². The number of nitrogens with zero attached hydrogens (tertiary/aromatic N) is 2. The highest BCUT2D eigenvalue weighted by atomic mass is 35.5. The highest BCUT2D eigenvalue weighted by Crippen LogP contribution is 2.35. The van der Waals surface area contributed by atoms with Gasteiger partial charge in [0.2, 0.25) is 0 Å². The largest absolute Gasteiger partial charge is 0.384 e. The molecular weight excluding hydrogens is 350 g/mol. The van der Waals surface area contributed by atoms with Crippen LogP contribution in [0.5, 0.6) is 0 Å². The van der Waals surface area contributed by atoms with E-state index in [0.29, 0.717) is 16.4 Å². The molecule has 0 saturated carbocycles. The maximum Gasteiger partial charge on any atom is 0.149 e. The minimum atomic E-state index is -1.20. The lowest BCUT2D eigenvalue weighted by atomic mass is 10.1. The number of aliphatic hydroxyl groups is 1. The maximum atomic E-state index is 14.4. The van der Waals surface area contributed by atoms with Crippen LogP contribution in [0.25, 0.3) is 17.1 Å². The number of hydrogen-bond donors (Lipinski definition) is 1. The van der Waals surface area contributed by atoms with Gasteiger partial charge in [-0.05, 0) is 38.1 Å². The van der Waals surface area contributed by atoms with Crippen molar-refractivity contribution in [2.45, 2.75) is 19.4 Å². The second-order valence-electron chi connectivity index (χ2n) is 5.93. The third-order valence-electron chi connectivity index (χ3n) is 3.63. The zero-order valence-electron chi connectivity index (χ0n) is 13.1. The Morgan fingerprint density at radius 2 is 1.71 bits per heavy atom. The zero-order valence-corrected chi connectivity index (χ0v) is 14.6. The van der Waals surface area contributed by atoms with Gasteiger partial charge in [-0.3, -0.25) is 4.57 Å². The van der Waals surface area contributed by atoms with E-state index in [1.165, 1.54) is 12.1 Å². The number of para-hydroxylation sites is 1. The highest BCUT2D eigenvalue weighted by Gasteiger charge is 2.25. The fraction of sp³-hybridized carbons (Fsp3) is 0.167. The van der Waals surface area contributed by atoms with E-state index in [0.717, 1.165) is 0 Å². The summed E-state index contributed by atoms with van der Waals surface area (Å²) in [5.74, 6) is -0.216. The van der Waals surface area contributed by atoms with E-state index in [2.05, 4.69) is 4.98 Å².